The van der Waals surface area contributed by atoms with Crippen LogP contribution in [0, 0.1) is 0 Å². The van der Waals surface area contributed by atoms with Crippen LogP contribution in [0.25, 0.3) is 11.1 Å². The van der Waals surface area contributed by atoms with Crippen LogP contribution >= 0.6 is 0 Å². The van der Waals surface area contributed by atoms with Gasteiger partial charge in [-0.05, 0) is 42.3 Å². The molecule has 0 saturated carbocycles. The van der Waals surface area contributed by atoms with Crippen LogP contribution in [0.2, 0.25) is 0 Å². The largest absolute Gasteiger partial charge is 0.573 e. The first-order chi connectivity index (χ1) is 12.9. The van der Waals surface area contributed by atoms with E-state index in [4.69, 9.17) is 4.74 Å². The number of benzene rings is 1. The fourth-order valence-electron chi connectivity index (χ4n) is 3.06. The highest BCUT2D eigenvalue weighted by Gasteiger charge is 2.31. The maximum atomic E-state index is 12.8. The van der Waals surface area contributed by atoms with E-state index in [-0.39, 0.29) is 5.75 Å². The first-order valence-electron chi connectivity index (χ1n) is 8.84. The minimum Gasteiger partial charge on any atom is -0.492 e. The Bertz CT molecular complexity index is 762. The molecule has 0 aliphatic carbocycles. The van der Waals surface area contributed by atoms with Crippen molar-refractivity contribution in [1.82, 2.24) is 15.2 Å². The fourth-order valence-corrected chi connectivity index (χ4v) is 3.06. The highest BCUT2D eigenvalue weighted by Crippen LogP contribution is 2.31. The molecule has 1 aliphatic heterocycles. The maximum absolute atomic E-state index is 12.8. The number of alkyl halides is 3. The van der Waals surface area contributed by atoms with Gasteiger partial charge >= 0.3 is 6.36 Å². The van der Waals surface area contributed by atoms with Crippen molar-refractivity contribution in [2.24, 2.45) is 0 Å². The average molecular weight is 381 g/mol. The number of pyridine rings is 1. The Labute approximate surface area is 156 Å². The molecule has 0 unspecified atom stereocenters. The van der Waals surface area contributed by atoms with Crippen LogP contribution in [-0.4, -0.2) is 49.0 Å². The van der Waals surface area contributed by atoms with Gasteiger partial charge in [-0.2, -0.15) is 0 Å². The molecule has 27 heavy (non-hydrogen) atoms. The predicted molar refractivity (Wildman–Crippen MR) is 95.7 cm³/mol. The van der Waals surface area contributed by atoms with E-state index in [1.165, 1.54) is 12.1 Å². The van der Waals surface area contributed by atoms with Gasteiger partial charge < -0.3 is 14.8 Å². The summed E-state index contributed by atoms with van der Waals surface area (Å²) in [6, 6.07) is 6.45. The lowest BCUT2D eigenvalue weighted by Crippen LogP contribution is -2.42. The van der Waals surface area contributed by atoms with E-state index in [9.17, 15) is 13.2 Å². The van der Waals surface area contributed by atoms with Crippen molar-refractivity contribution in [3.05, 3.63) is 42.2 Å². The topological polar surface area (TPSA) is 46.6 Å². The second-order valence-corrected chi connectivity index (χ2v) is 6.28. The molecule has 1 fully saturated rings. The van der Waals surface area contributed by atoms with Gasteiger partial charge in [0.2, 0.25) is 0 Å². The van der Waals surface area contributed by atoms with Gasteiger partial charge in [0.15, 0.2) is 0 Å². The SMILES string of the molecule is CCOc1cncc(-c2cc(CN3CCNCC3)cc(OC(F)(F)F)c2)c1. The quantitative estimate of drug-likeness (QED) is 0.831. The lowest BCUT2D eigenvalue weighted by Gasteiger charge is -2.27. The van der Waals surface area contributed by atoms with Gasteiger partial charge in [-0.25, -0.2) is 0 Å². The van der Waals surface area contributed by atoms with E-state index >= 15 is 0 Å². The number of halogens is 3. The van der Waals surface area contributed by atoms with Crippen LogP contribution in [0.5, 0.6) is 11.5 Å². The first kappa shape index (κ1) is 19.4. The second-order valence-electron chi connectivity index (χ2n) is 6.28. The summed E-state index contributed by atoms with van der Waals surface area (Å²) in [4.78, 5) is 6.32. The molecule has 146 valence electrons. The van der Waals surface area contributed by atoms with Crippen molar-refractivity contribution in [2.75, 3.05) is 32.8 Å². The number of rotatable bonds is 6. The number of nitrogens with one attached hydrogen (secondary N) is 1. The number of aromatic nitrogens is 1. The van der Waals surface area contributed by atoms with Crippen molar-refractivity contribution < 1.29 is 22.6 Å². The average Bonchev–Trinajstić information content (AvgIpc) is 2.61. The standard InChI is InChI=1S/C19H22F3N3O2/c1-2-26-18-10-16(11-24-12-18)15-7-14(13-25-5-3-23-4-6-25)8-17(9-15)27-19(20,21)22/h7-12,23H,2-6,13H2,1H3. The van der Waals surface area contributed by atoms with Crippen LogP contribution < -0.4 is 14.8 Å². The van der Waals surface area contributed by atoms with E-state index in [0.717, 1.165) is 31.7 Å². The maximum Gasteiger partial charge on any atom is 0.573 e. The summed E-state index contributed by atoms with van der Waals surface area (Å²) >= 11 is 0. The minimum absolute atomic E-state index is 0.230. The zero-order valence-electron chi connectivity index (χ0n) is 15.1. The third-order valence-corrected chi connectivity index (χ3v) is 4.17. The zero-order chi connectivity index (χ0) is 19.3. The normalized spacial score (nSPS) is 15.6. The molecule has 1 aromatic heterocycles. The van der Waals surface area contributed by atoms with Crippen molar-refractivity contribution >= 4 is 0 Å². The highest BCUT2D eigenvalue weighted by molar-refractivity contribution is 5.66. The molecule has 0 radical (unpaired) electrons. The molecule has 0 amide bonds. The van der Waals surface area contributed by atoms with Gasteiger partial charge in [-0.1, -0.05) is 0 Å². The molecule has 5 nitrogen and oxygen atoms in total. The molecular formula is C19H22F3N3O2. The molecular weight excluding hydrogens is 359 g/mol. The Morgan fingerprint density at radius 2 is 1.78 bits per heavy atom. The molecule has 0 atom stereocenters. The minimum atomic E-state index is -4.74. The van der Waals surface area contributed by atoms with E-state index < -0.39 is 6.36 Å². The van der Waals surface area contributed by atoms with Gasteiger partial charge in [0.25, 0.3) is 0 Å². The van der Waals surface area contributed by atoms with Crippen LogP contribution in [0.4, 0.5) is 13.2 Å². The summed E-state index contributed by atoms with van der Waals surface area (Å²) in [7, 11) is 0. The van der Waals surface area contributed by atoms with Crippen LogP contribution in [-0.2, 0) is 6.54 Å². The van der Waals surface area contributed by atoms with Crippen molar-refractivity contribution in [2.45, 2.75) is 19.8 Å². The summed E-state index contributed by atoms with van der Waals surface area (Å²) in [6.07, 6.45) is -1.56. The smallest absolute Gasteiger partial charge is 0.492 e. The lowest BCUT2D eigenvalue weighted by molar-refractivity contribution is -0.274. The molecule has 8 heteroatoms. The summed E-state index contributed by atoms with van der Waals surface area (Å²) in [6.45, 7) is 6.33. The van der Waals surface area contributed by atoms with E-state index in [2.05, 4.69) is 19.9 Å². The first-order valence-corrected chi connectivity index (χ1v) is 8.84. The Balaban J connectivity index is 1.92. The van der Waals surface area contributed by atoms with Crippen LogP contribution in [0.1, 0.15) is 12.5 Å². The Morgan fingerprint density at radius 1 is 1.04 bits per heavy atom. The third-order valence-electron chi connectivity index (χ3n) is 4.17. The molecule has 1 aliphatic rings. The van der Waals surface area contributed by atoms with E-state index in [0.29, 0.717) is 30.0 Å². The molecule has 2 heterocycles. The predicted octanol–water partition coefficient (Wildman–Crippen LogP) is 3.45. The van der Waals surface area contributed by atoms with Gasteiger partial charge in [0.1, 0.15) is 11.5 Å². The number of ether oxygens (including phenoxy) is 2. The molecule has 2 aromatic rings. The monoisotopic (exact) mass is 381 g/mol. The van der Waals surface area contributed by atoms with Crippen LogP contribution in [0.3, 0.4) is 0 Å². The summed E-state index contributed by atoms with van der Waals surface area (Å²) in [5.41, 5.74) is 2.04. The van der Waals surface area contributed by atoms with Crippen LogP contribution in [0.15, 0.2) is 36.7 Å². The molecule has 0 bridgehead atoms. The number of nitrogens with zero attached hydrogens (tertiary/aromatic N) is 2. The van der Waals surface area contributed by atoms with Crippen molar-refractivity contribution in [3.8, 4) is 22.6 Å². The zero-order valence-corrected chi connectivity index (χ0v) is 15.1. The van der Waals surface area contributed by atoms with E-state index in [1.54, 1.807) is 18.5 Å². The summed E-state index contributed by atoms with van der Waals surface area (Å²) in [5, 5.41) is 3.26. The van der Waals surface area contributed by atoms with Crippen molar-refractivity contribution in [3.63, 3.8) is 0 Å². The Hall–Kier alpha value is -2.32. The van der Waals surface area contributed by atoms with E-state index in [1.807, 2.05) is 13.0 Å². The molecule has 1 N–H and O–H groups in total. The lowest BCUT2D eigenvalue weighted by atomic mass is 10.0. The molecule has 0 spiro atoms. The fraction of sp³-hybridized carbons (Fsp3) is 0.421. The number of piperazine rings is 1. The van der Waals surface area contributed by atoms with Crippen molar-refractivity contribution in [1.29, 1.82) is 0 Å². The van der Waals surface area contributed by atoms with Gasteiger partial charge in [-0.3, -0.25) is 9.88 Å². The number of hydrogen-bond donors (Lipinski definition) is 1. The third kappa shape index (κ3) is 5.83. The molecule has 1 aromatic carbocycles. The second kappa shape index (κ2) is 8.58. The summed E-state index contributed by atoms with van der Waals surface area (Å²) < 4.78 is 47.9. The molecule has 3 rings (SSSR count). The van der Waals surface area contributed by atoms with Gasteiger partial charge in [0, 0.05) is 44.5 Å². The molecule has 1 saturated heterocycles. The summed E-state index contributed by atoms with van der Waals surface area (Å²) in [5.74, 6) is 0.341. The van der Waals surface area contributed by atoms with Gasteiger partial charge in [-0.15, -0.1) is 13.2 Å². The van der Waals surface area contributed by atoms with Gasteiger partial charge in [0.05, 0.1) is 12.8 Å². The Kier molecular flexibility index (Phi) is 6.18. The Morgan fingerprint density at radius 3 is 2.48 bits per heavy atom. The highest BCUT2D eigenvalue weighted by atomic mass is 19.4. The number of hydrogen-bond acceptors (Lipinski definition) is 5.